The zero-order valence-electron chi connectivity index (χ0n) is 11.6. The second-order valence-corrected chi connectivity index (χ2v) is 6.25. The lowest BCUT2D eigenvalue weighted by molar-refractivity contribution is 0.0696. The minimum atomic E-state index is -3.85. The van der Waals surface area contributed by atoms with Crippen LogP contribution in [0, 0.1) is 0 Å². The molecule has 0 amide bonds. The molecule has 0 spiro atoms. The Bertz CT molecular complexity index is 825. The van der Waals surface area contributed by atoms with Gasteiger partial charge in [-0.1, -0.05) is 12.1 Å². The van der Waals surface area contributed by atoms with Crippen molar-refractivity contribution in [3.05, 3.63) is 59.7 Å². The number of carbonyl (C=O) groups excluding carboxylic acids is 1. The first-order chi connectivity index (χ1) is 10.3. The van der Waals surface area contributed by atoms with E-state index in [1.165, 1.54) is 55.5 Å². The van der Waals surface area contributed by atoms with E-state index in [0.717, 1.165) is 0 Å². The molecule has 7 heteroatoms. The number of benzene rings is 2. The molecular weight excluding hydrogens is 306 g/mol. The predicted octanol–water partition coefficient (Wildman–Crippen LogP) is 2.39. The Morgan fingerprint density at radius 2 is 1.64 bits per heavy atom. The first-order valence-corrected chi connectivity index (χ1v) is 7.75. The summed E-state index contributed by atoms with van der Waals surface area (Å²) in [5, 5.41) is 8.80. The molecule has 0 atom stereocenters. The van der Waals surface area contributed by atoms with E-state index >= 15 is 0 Å². The number of carboxylic acid groups (broad SMARTS) is 1. The Balaban J connectivity index is 2.29. The van der Waals surface area contributed by atoms with Gasteiger partial charge in [0.25, 0.3) is 10.0 Å². The fourth-order valence-electron chi connectivity index (χ4n) is 1.78. The van der Waals surface area contributed by atoms with Crippen molar-refractivity contribution in [1.29, 1.82) is 0 Å². The summed E-state index contributed by atoms with van der Waals surface area (Å²) in [6.07, 6.45) is 0. The van der Waals surface area contributed by atoms with Crippen molar-refractivity contribution in [2.24, 2.45) is 0 Å². The largest absolute Gasteiger partial charge is 0.478 e. The molecule has 6 nitrogen and oxygen atoms in total. The molecule has 114 valence electrons. The summed E-state index contributed by atoms with van der Waals surface area (Å²) in [6, 6.07) is 11.0. The monoisotopic (exact) mass is 319 g/mol. The molecule has 0 heterocycles. The van der Waals surface area contributed by atoms with Gasteiger partial charge in [-0.2, -0.15) is 0 Å². The third-order valence-electron chi connectivity index (χ3n) is 2.93. The van der Waals surface area contributed by atoms with Gasteiger partial charge in [0, 0.05) is 11.3 Å². The Kier molecular flexibility index (Phi) is 4.27. The van der Waals surface area contributed by atoms with Crippen LogP contribution in [0.5, 0.6) is 0 Å². The van der Waals surface area contributed by atoms with E-state index in [-0.39, 0.29) is 21.9 Å². The maximum Gasteiger partial charge on any atom is 0.335 e. The molecule has 0 saturated heterocycles. The van der Waals surface area contributed by atoms with E-state index in [9.17, 15) is 18.0 Å². The number of rotatable bonds is 5. The molecule has 0 aromatic heterocycles. The van der Waals surface area contributed by atoms with Crippen LogP contribution in [0.25, 0.3) is 0 Å². The lowest BCUT2D eigenvalue weighted by Crippen LogP contribution is -2.13. The van der Waals surface area contributed by atoms with Gasteiger partial charge in [-0.25, -0.2) is 13.2 Å². The van der Waals surface area contributed by atoms with Crippen LogP contribution < -0.4 is 4.72 Å². The number of aromatic carboxylic acids is 1. The summed E-state index contributed by atoms with van der Waals surface area (Å²) in [5.74, 6) is -1.33. The minimum Gasteiger partial charge on any atom is -0.478 e. The summed E-state index contributed by atoms with van der Waals surface area (Å²) < 4.78 is 26.8. The van der Waals surface area contributed by atoms with Gasteiger partial charge in [-0.3, -0.25) is 9.52 Å². The molecule has 0 saturated carbocycles. The van der Waals surface area contributed by atoms with Gasteiger partial charge in [0.15, 0.2) is 5.78 Å². The Morgan fingerprint density at radius 3 is 2.18 bits per heavy atom. The van der Waals surface area contributed by atoms with Crippen LogP contribution in [0.2, 0.25) is 0 Å². The van der Waals surface area contributed by atoms with Crippen molar-refractivity contribution in [2.45, 2.75) is 11.8 Å². The number of anilines is 1. The summed E-state index contributed by atoms with van der Waals surface area (Å²) in [4.78, 5) is 22.0. The molecule has 2 N–H and O–H groups in total. The van der Waals surface area contributed by atoms with Crippen LogP contribution in [-0.2, 0) is 10.0 Å². The van der Waals surface area contributed by atoms with Crippen molar-refractivity contribution in [3.63, 3.8) is 0 Å². The Hall–Kier alpha value is -2.67. The first kappa shape index (κ1) is 15.7. The molecule has 0 radical (unpaired) electrons. The Morgan fingerprint density at radius 1 is 1.00 bits per heavy atom. The number of carboxylic acids is 1. The average Bonchev–Trinajstić information content (AvgIpc) is 2.47. The van der Waals surface area contributed by atoms with Crippen molar-refractivity contribution in [1.82, 2.24) is 0 Å². The highest BCUT2D eigenvalue weighted by Gasteiger charge is 2.15. The average molecular weight is 319 g/mol. The fourth-order valence-corrected chi connectivity index (χ4v) is 2.88. The second-order valence-electron chi connectivity index (χ2n) is 4.57. The maximum atomic E-state index is 12.3. The molecule has 0 fully saturated rings. The van der Waals surface area contributed by atoms with Crippen LogP contribution in [0.3, 0.4) is 0 Å². The van der Waals surface area contributed by atoms with E-state index in [1.807, 2.05) is 0 Å². The highest BCUT2D eigenvalue weighted by molar-refractivity contribution is 7.92. The van der Waals surface area contributed by atoms with Gasteiger partial charge in [-0.15, -0.1) is 0 Å². The van der Waals surface area contributed by atoms with E-state index in [1.54, 1.807) is 0 Å². The number of hydrogen-bond donors (Lipinski definition) is 2. The highest BCUT2D eigenvalue weighted by atomic mass is 32.2. The standard InChI is InChI=1S/C15H13NO5S/c1-10(17)12-3-2-4-14(9-12)22(20,21)16-13-7-5-11(6-8-13)15(18)19/h2-9,16H,1H3,(H,18,19). The van der Waals surface area contributed by atoms with E-state index in [0.29, 0.717) is 5.56 Å². The van der Waals surface area contributed by atoms with E-state index < -0.39 is 16.0 Å². The molecule has 0 aliphatic heterocycles. The van der Waals surface area contributed by atoms with Crippen molar-refractivity contribution in [3.8, 4) is 0 Å². The van der Waals surface area contributed by atoms with Gasteiger partial charge in [-0.05, 0) is 43.3 Å². The molecule has 2 rings (SSSR count). The van der Waals surface area contributed by atoms with Gasteiger partial charge in [0.2, 0.25) is 0 Å². The summed E-state index contributed by atoms with van der Waals surface area (Å²) in [6.45, 7) is 1.35. The molecule has 22 heavy (non-hydrogen) atoms. The lowest BCUT2D eigenvalue weighted by Gasteiger charge is -2.09. The SMILES string of the molecule is CC(=O)c1cccc(S(=O)(=O)Nc2ccc(C(=O)O)cc2)c1. The topological polar surface area (TPSA) is 101 Å². The van der Waals surface area contributed by atoms with Crippen LogP contribution >= 0.6 is 0 Å². The summed E-state index contributed by atoms with van der Waals surface area (Å²) in [5.41, 5.74) is 0.587. The number of ketones is 1. The first-order valence-electron chi connectivity index (χ1n) is 6.27. The zero-order chi connectivity index (χ0) is 16.3. The van der Waals surface area contributed by atoms with Crippen LogP contribution in [-0.4, -0.2) is 25.3 Å². The van der Waals surface area contributed by atoms with Gasteiger partial charge >= 0.3 is 5.97 Å². The molecule has 0 aliphatic rings. The highest BCUT2D eigenvalue weighted by Crippen LogP contribution is 2.18. The number of carbonyl (C=O) groups is 2. The van der Waals surface area contributed by atoms with Crippen molar-refractivity contribution in [2.75, 3.05) is 4.72 Å². The Labute approximate surface area is 127 Å². The summed E-state index contributed by atoms with van der Waals surface area (Å²) >= 11 is 0. The number of nitrogens with one attached hydrogen (secondary N) is 1. The van der Waals surface area contributed by atoms with Crippen molar-refractivity contribution >= 4 is 27.5 Å². The second kappa shape index (κ2) is 5.98. The number of hydrogen-bond acceptors (Lipinski definition) is 4. The lowest BCUT2D eigenvalue weighted by atomic mass is 10.2. The van der Waals surface area contributed by atoms with Gasteiger partial charge in [0.1, 0.15) is 0 Å². The number of sulfonamides is 1. The fraction of sp³-hybridized carbons (Fsp3) is 0.0667. The smallest absolute Gasteiger partial charge is 0.335 e. The predicted molar refractivity (Wildman–Crippen MR) is 80.7 cm³/mol. The molecule has 0 bridgehead atoms. The van der Waals surface area contributed by atoms with Crippen LogP contribution in [0.15, 0.2) is 53.4 Å². The van der Waals surface area contributed by atoms with Crippen molar-refractivity contribution < 1.29 is 23.1 Å². The minimum absolute atomic E-state index is 0.0393. The molecule has 2 aromatic carbocycles. The van der Waals surface area contributed by atoms with Crippen LogP contribution in [0.1, 0.15) is 27.6 Å². The maximum absolute atomic E-state index is 12.3. The molecule has 0 unspecified atom stereocenters. The van der Waals surface area contributed by atoms with Gasteiger partial charge < -0.3 is 5.11 Å². The zero-order valence-corrected chi connectivity index (χ0v) is 12.4. The quantitative estimate of drug-likeness (QED) is 0.824. The molecule has 2 aromatic rings. The number of Topliss-reactive ketones (excluding diaryl/α,β-unsaturated/α-hetero) is 1. The third kappa shape index (κ3) is 3.50. The van der Waals surface area contributed by atoms with Gasteiger partial charge in [0.05, 0.1) is 10.5 Å². The normalized spacial score (nSPS) is 11.0. The molecular formula is C15H13NO5S. The van der Waals surface area contributed by atoms with E-state index in [4.69, 9.17) is 5.11 Å². The third-order valence-corrected chi connectivity index (χ3v) is 4.31. The van der Waals surface area contributed by atoms with Crippen LogP contribution in [0.4, 0.5) is 5.69 Å². The molecule has 0 aliphatic carbocycles. The summed E-state index contributed by atoms with van der Waals surface area (Å²) in [7, 11) is -3.85. The van der Waals surface area contributed by atoms with E-state index in [2.05, 4.69) is 4.72 Å².